The first kappa shape index (κ1) is 15.3. The Morgan fingerprint density at radius 3 is 2.33 bits per heavy atom. The first-order valence-electron chi connectivity index (χ1n) is 6.60. The number of benzene rings is 1. The summed E-state index contributed by atoms with van der Waals surface area (Å²) in [6, 6.07) is 12.2. The summed E-state index contributed by atoms with van der Waals surface area (Å²) in [6.45, 7) is 5.92. The van der Waals surface area contributed by atoms with E-state index in [-0.39, 0.29) is 5.60 Å². The zero-order valence-electron chi connectivity index (χ0n) is 12.3. The van der Waals surface area contributed by atoms with Crippen LogP contribution in [0.3, 0.4) is 0 Å². The number of hydrogen-bond donors (Lipinski definition) is 0. The maximum absolute atomic E-state index is 9.60. The van der Waals surface area contributed by atoms with Crippen LogP contribution in [0.5, 0.6) is 0 Å². The number of rotatable bonds is 2. The molecule has 4 nitrogen and oxygen atoms in total. The molecule has 0 aliphatic heterocycles. The number of carbonyl (C=O) groups is 1. The van der Waals surface area contributed by atoms with Crippen molar-refractivity contribution in [2.45, 2.75) is 26.4 Å². The van der Waals surface area contributed by atoms with Gasteiger partial charge in [0.25, 0.3) is 6.47 Å². The molecule has 2 aromatic heterocycles. The molecule has 0 fully saturated rings. The molecule has 1 aromatic carbocycles. The van der Waals surface area contributed by atoms with Crippen LogP contribution in [0.4, 0.5) is 0 Å². The van der Waals surface area contributed by atoms with Gasteiger partial charge in [0.2, 0.25) is 0 Å². The molecule has 0 aliphatic carbocycles. The smallest absolute Gasteiger partial charge is 0.293 e. The molecule has 0 spiro atoms. The van der Waals surface area contributed by atoms with Gasteiger partial charge in [0, 0.05) is 12.4 Å². The minimum absolute atomic E-state index is 0.318. The van der Waals surface area contributed by atoms with Crippen molar-refractivity contribution >= 4 is 28.0 Å². The summed E-state index contributed by atoms with van der Waals surface area (Å²) in [7, 11) is 0. The molecule has 0 unspecified atom stereocenters. The van der Waals surface area contributed by atoms with E-state index in [0.29, 0.717) is 6.47 Å². The summed E-state index contributed by atoms with van der Waals surface area (Å²) in [6.07, 6.45) is 4.02. The quantitative estimate of drug-likeness (QED) is 0.671. The first-order valence-corrected chi connectivity index (χ1v) is 7.41. The van der Waals surface area contributed by atoms with Crippen molar-refractivity contribution in [2.75, 3.05) is 0 Å². The third-order valence-electron chi connectivity index (χ3n) is 2.51. The fraction of sp³-hybridized carbons (Fsp3) is 0.250. The van der Waals surface area contributed by atoms with E-state index in [1.54, 1.807) is 11.3 Å². The van der Waals surface area contributed by atoms with Crippen LogP contribution in [0.1, 0.15) is 20.8 Å². The number of aromatic nitrogens is 2. The van der Waals surface area contributed by atoms with E-state index in [1.165, 1.54) is 4.70 Å². The van der Waals surface area contributed by atoms with E-state index in [4.69, 9.17) is 0 Å². The summed E-state index contributed by atoms with van der Waals surface area (Å²) in [4.78, 5) is 14.1. The average molecular weight is 302 g/mol. The standard InChI is InChI=1S/C11H8N2S.C5H10O2/c1-2-6-10-9(5-1)12-11(14-10)13-7-3-4-8-13;1-5(2,3)7-4-6/h1-8H;4H,1-3H3. The Hall–Kier alpha value is -2.14. The Balaban J connectivity index is 0.000000199. The van der Waals surface area contributed by atoms with E-state index in [1.807, 2.05) is 68.1 Å². The molecular weight excluding hydrogens is 284 g/mol. The second-order valence-corrected chi connectivity index (χ2v) is 6.39. The number of hydrogen-bond acceptors (Lipinski definition) is 4. The van der Waals surface area contributed by atoms with Gasteiger partial charge in [-0.3, -0.25) is 4.79 Å². The summed E-state index contributed by atoms with van der Waals surface area (Å²) in [5.74, 6) is 0. The molecule has 3 aromatic rings. The highest BCUT2D eigenvalue weighted by Crippen LogP contribution is 2.24. The van der Waals surface area contributed by atoms with Gasteiger partial charge in [0.1, 0.15) is 5.60 Å². The van der Waals surface area contributed by atoms with Crippen molar-refractivity contribution in [3.05, 3.63) is 48.8 Å². The fourth-order valence-corrected chi connectivity index (χ4v) is 2.51. The summed E-state index contributed by atoms with van der Waals surface area (Å²) in [5, 5.41) is 1.02. The Labute approximate surface area is 128 Å². The van der Waals surface area contributed by atoms with Crippen LogP contribution < -0.4 is 0 Å². The SMILES string of the molecule is CC(C)(C)OC=O.c1ccc2sc(-n3cccc3)nc2c1. The van der Waals surface area contributed by atoms with Crippen LogP contribution in [-0.2, 0) is 9.53 Å². The highest BCUT2D eigenvalue weighted by Gasteiger charge is 2.07. The third kappa shape index (κ3) is 4.43. The van der Waals surface area contributed by atoms with Crippen molar-refractivity contribution < 1.29 is 9.53 Å². The van der Waals surface area contributed by atoms with Gasteiger partial charge in [-0.2, -0.15) is 0 Å². The largest absolute Gasteiger partial charge is 0.462 e. The normalized spacial score (nSPS) is 10.8. The van der Waals surface area contributed by atoms with Crippen LogP contribution in [0.25, 0.3) is 15.3 Å². The monoisotopic (exact) mass is 302 g/mol. The molecule has 0 saturated heterocycles. The molecule has 0 saturated carbocycles. The molecule has 3 rings (SSSR count). The zero-order chi connectivity index (χ0) is 15.3. The molecule has 2 heterocycles. The number of fused-ring (bicyclic) bond motifs is 1. The first-order chi connectivity index (χ1) is 9.99. The number of nitrogens with zero attached hydrogens (tertiary/aromatic N) is 2. The number of carbonyl (C=O) groups excluding carboxylic acids is 1. The second kappa shape index (κ2) is 6.54. The van der Waals surface area contributed by atoms with Crippen molar-refractivity contribution in [3.8, 4) is 5.13 Å². The molecule has 0 atom stereocenters. The molecule has 0 amide bonds. The second-order valence-electron chi connectivity index (χ2n) is 5.38. The predicted molar refractivity (Wildman–Crippen MR) is 85.8 cm³/mol. The van der Waals surface area contributed by atoms with Crippen LogP contribution in [0, 0.1) is 0 Å². The number of para-hydroxylation sites is 1. The maximum Gasteiger partial charge on any atom is 0.293 e. The lowest BCUT2D eigenvalue weighted by Crippen LogP contribution is -2.17. The minimum Gasteiger partial charge on any atom is -0.462 e. The molecule has 0 bridgehead atoms. The van der Waals surface area contributed by atoms with Gasteiger partial charge in [-0.1, -0.05) is 23.5 Å². The Bertz CT molecular complexity index is 663. The van der Waals surface area contributed by atoms with Crippen molar-refractivity contribution in [1.29, 1.82) is 0 Å². The molecular formula is C16H18N2O2S. The van der Waals surface area contributed by atoms with Gasteiger partial charge in [-0.25, -0.2) is 4.98 Å². The molecule has 0 N–H and O–H groups in total. The predicted octanol–water partition coefficient (Wildman–Crippen LogP) is 4.04. The van der Waals surface area contributed by atoms with E-state index in [2.05, 4.69) is 15.8 Å². The van der Waals surface area contributed by atoms with Crippen LogP contribution in [0.2, 0.25) is 0 Å². The highest BCUT2D eigenvalue weighted by atomic mass is 32.1. The fourth-order valence-electron chi connectivity index (χ4n) is 1.58. The third-order valence-corrected chi connectivity index (χ3v) is 3.56. The van der Waals surface area contributed by atoms with Gasteiger partial charge in [0.05, 0.1) is 10.2 Å². The maximum atomic E-state index is 9.60. The lowest BCUT2D eigenvalue weighted by atomic mass is 10.2. The van der Waals surface area contributed by atoms with Gasteiger partial charge < -0.3 is 9.30 Å². The van der Waals surface area contributed by atoms with Crippen molar-refractivity contribution in [3.63, 3.8) is 0 Å². The van der Waals surface area contributed by atoms with Crippen LogP contribution >= 0.6 is 11.3 Å². The van der Waals surface area contributed by atoms with E-state index in [9.17, 15) is 4.79 Å². The van der Waals surface area contributed by atoms with Crippen LogP contribution in [0.15, 0.2) is 48.8 Å². The van der Waals surface area contributed by atoms with Gasteiger partial charge >= 0.3 is 0 Å². The number of thiazole rings is 1. The van der Waals surface area contributed by atoms with Gasteiger partial charge in [0.15, 0.2) is 5.13 Å². The topological polar surface area (TPSA) is 44.1 Å². The average Bonchev–Trinajstić information content (AvgIpc) is 3.07. The Morgan fingerprint density at radius 1 is 1.14 bits per heavy atom. The molecule has 5 heteroatoms. The lowest BCUT2D eigenvalue weighted by molar-refractivity contribution is -0.138. The van der Waals surface area contributed by atoms with Gasteiger partial charge in [-0.15, -0.1) is 0 Å². The van der Waals surface area contributed by atoms with Crippen molar-refractivity contribution in [1.82, 2.24) is 9.55 Å². The molecule has 0 aliphatic rings. The number of ether oxygens (including phenoxy) is 1. The lowest BCUT2D eigenvalue weighted by Gasteiger charge is -2.14. The minimum atomic E-state index is -0.318. The molecule has 21 heavy (non-hydrogen) atoms. The summed E-state index contributed by atoms with van der Waals surface area (Å²) in [5.41, 5.74) is 0.753. The Kier molecular flexibility index (Phi) is 4.75. The van der Waals surface area contributed by atoms with E-state index in [0.717, 1.165) is 10.6 Å². The molecule has 110 valence electrons. The summed E-state index contributed by atoms with van der Waals surface area (Å²) >= 11 is 1.71. The van der Waals surface area contributed by atoms with Gasteiger partial charge in [-0.05, 0) is 45.0 Å². The zero-order valence-corrected chi connectivity index (χ0v) is 13.1. The molecule has 0 radical (unpaired) electrons. The van der Waals surface area contributed by atoms with Crippen LogP contribution in [-0.4, -0.2) is 21.6 Å². The highest BCUT2D eigenvalue weighted by molar-refractivity contribution is 7.20. The Morgan fingerprint density at radius 2 is 1.81 bits per heavy atom. The summed E-state index contributed by atoms with van der Waals surface area (Å²) < 4.78 is 7.81. The van der Waals surface area contributed by atoms with Crippen molar-refractivity contribution in [2.24, 2.45) is 0 Å². The van der Waals surface area contributed by atoms with E-state index >= 15 is 0 Å². The van der Waals surface area contributed by atoms with E-state index < -0.39 is 0 Å².